The number of aliphatic hydroxyl groups excluding tert-OH is 1. The minimum atomic E-state index is -0.545. The van der Waals surface area contributed by atoms with Crippen LogP contribution in [0, 0.1) is 6.92 Å². The highest BCUT2D eigenvalue weighted by atomic mass is 16.5. The van der Waals surface area contributed by atoms with Crippen LogP contribution in [0.2, 0.25) is 0 Å². The predicted molar refractivity (Wildman–Crippen MR) is 61.7 cm³/mol. The molecule has 0 aliphatic rings. The van der Waals surface area contributed by atoms with Crippen molar-refractivity contribution in [2.45, 2.75) is 20.0 Å². The van der Waals surface area contributed by atoms with Crippen molar-refractivity contribution in [1.82, 2.24) is 5.32 Å². The summed E-state index contributed by atoms with van der Waals surface area (Å²) < 4.78 is 5.13. The molecule has 0 unspecified atom stereocenters. The summed E-state index contributed by atoms with van der Waals surface area (Å²) in [4.78, 5) is 11.7. The third-order valence-electron chi connectivity index (χ3n) is 2.23. The van der Waals surface area contributed by atoms with E-state index >= 15 is 0 Å². The van der Waals surface area contributed by atoms with Crippen molar-refractivity contribution in [2.75, 3.05) is 13.7 Å². The van der Waals surface area contributed by atoms with E-state index in [-0.39, 0.29) is 12.5 Å². The normalized spacial score (nSPS) is 12.0. The fourth-order valence-electron chi connectivity index (χ4n) is 1.30. The molecule has 0 aromatic heterocycles. The summed E-state index contributed by atoms with van der Waals surface area (Å²) in [7, 11) is 1.57. The van der Waals surface area contributed by atoms with Gasteiger partial charge in [-0.3, -0.25) is 4.79 Å². The zero-order valence-electron chi connectivity index (χ0n) is 9.78. The number of ether oxygens (including phenoxy) is 1. The summed E-state index contributed by atoms with van der Waals surface area (Å²) in [5.74, 6) is 0.476. The van der Waals surface area contributed by atoms with Crippen molar-refractivity contribution in [2.24, 2.45) is 0 Å². The molecule has 1 aromatic rings. The van der Waals surface area contributed by atoms with Crippen LogP contribution in [0.25, 0.3) is 0 Å². The molecule has 0 spiro atoms. The number of hydrogen-bond acceptors (Lipinski definition) is 3. The summed E-state index contributed by atoms with van der Waals surface area (Å²) >= 11 is 0. The molecule has 2 N–H and O–H groups in total. The largest absolute Gasteiger partial charge is 0.496 e. The van der Waals surface area contributed by atoms with Gasteiger partial charge in [-0.1, -0.05) is 6.07 Å². The number of aliphatic hydroxyl groups is 1. The maximum atomic E-state index is 11.7. The van der Waals surface area contributed by atoms with E-state index in [4.69, 9.17) is 9.84 Å². The van der Waals surface area contributed by atoms with Crippen molar-refractivity contribution in [1.29, 1.82) is 0 Å². The van der Waals surface area contributed by atoms with Gasteiger partial charge in [-0.15, -0.1) is 0 Å². The summed E-state index contributed by atoms with van der Waals surface area (Å²) in [6, 6.07) is 5.25. The van der Waals surface area contributed by atoms with Gasteiger partial charge < -0.3 is 15.2 Å². The highest BCUT2D eigenvalue weighted by molar-refractivity contribution is 5.94. The number of carbonyl (C=O) groups is 1. The highest BCUT2D eigenvalue weighted by Gasteiger charge is 2.08. The smallest absolute Gasteiger partial charge is 0.251 e. The number of amides is 1. The van der Waals surface area contributed by atoms with Crippen LogP contribution < -0.4 is 10.1 Å². The number of aryl methyl sites for hydroxylation is 1. The maximum Gasteiger partial charge on any atom is 0.251 e. The molecule has 4 nitrogen and oxygen atoms in total. The molecule has 0 radical (unpaired) electrons. The number of nitrogens with one attached hydrogen (secondary N) is 1. The minimum Gasteiger partial charge on any atom is -0.496 e. The third kappa shape index (κ3) is 3.24. The quantitative estimate of drug-likeness (QED) is 0.804. The van der Waals surface area contributed by atoms with Crippen LogP contribution in [-0.4, -0.2) is 30.8 Å². The van der Waals surface area contributed by atoms with Gasteiger partial charge in [-0.2, -0.15) is 0 Å². The topological polar surface area (TPSA) is 58.6 Å². The minimum absolute atomic E-state index is 0.209. The van der Waals surface area contributed by atoms with E-state index in [0.29, 0.717) is 11.3 Å². The molecule has 0 aliphatic heterocycles. The second kappa shape index (κ2) is 5.51. The van der Waals surface area contributed by atoms with E-state index in [1.165, 1.54) is 0 Å². The Kier molecular flexibility index (Phi) is 4.31. The van der Waals surface area contributed by atoms with Gasteiger partial charge in [0, 0.05) is 12.1 Å². The average Bonchev–Trinajstić information content (AvgIpc) is 2.26. The molecule has 4 heteroatoms. The van der Waals surface area contributed by atoms with Crippen molar-refractivity contribution in [3.63, 3.8) is 0 Å². The molecule has 1 rings (SSSR count). The lowest BCUT2D eigenvalue weighted by Crippen LogP contribution is -2.30. The van der Waals surface area contributed by atoms with Gasteiger partial charge in [0.25, 0.3) is 5.91 Å². The van der Waals surface area contributed by atoms with Crippen LogP contribution in [0.15, 0.2) is 18.2 Å². The first-order chi connectivity index (χ1) is 7.54. The van der Waals surface area contributed by atoms with Crippen molar-refractivity contribution in [3.05, 3.63) is 29.3 Å². The molecule has 0 saturated heterocycles. The molecule has 88 valence electrons. The number of benzene rings is 1. The van der Waals surface area contributed by atoms with Crippen LogP contribution in [0.1, 0.15) is 22.8 Å². The van der Waals surface area contributed by atoms with Crippen LogP contribution in [0.3, 0.4) is 0 Å². The van der Waals surface area contributed by atoms with Gasteiger partial charge in [0.05, 0.1) is 13.2 Å². The lowest BCUT2D eigenvalue weighted by Gasteiger charge is -2.09. The molecule has 16 heavy (non-hydrogen) atoms. The number of carbonyl (C=O) groups excluding carboxylic acids is 1. The molecule has 0 saturated carbocycles. The Morgan fingerprint density at radius 3 is 2.81 bits per heavy atom. The fourth-order valence-corrected chi connectivity index (χ4v) is 1.30. The first-order valence-electron chi connectivity index (χ1n) is 5.15. The average molecular weight is 223 g/mol. The van der Waals surface area contributed by atoms with Crippen LogP contribution >= 0.6 is 0 Å². The molecule has 0 heterocycles. The standard InChI is InChI=1S/C12H17NO3/c1-8-4-5-10(6-11(8)16-3)12(15)13-7-9(2)14/h4-6,9,14H,7H2,1-3H3,(H,13,15)/t9-/m1/s1. The van der Waals surface area contributed by atoms with Crippen LogP contribution in [0.4, 0.5) is 0 Å². The van der Waals surface area contributed by atoms with E-state index < -0.39 is 6.10 Å². The van der Waals surface area contributed by atoms with Gasteiger partial charge in [0.2, 0.25) is 0 Å². The SMILES string of the molecule is COc1cc(C(=O)NC[C@@H](C)O)ccc1C. The molecule has 1 atom stereocenters. The second-order valence-electron chi connectivity index (χ2n) is 3.74. The number of methoxy groups -OCH3 is 1. The Labute approximate surface area is 95.2 Å². The summed E-state index contributed by atoms with van der Waals surface area (Å²) in [5, 5.41) is 11.7. The van der Waals surface area contributed by atoms with Crippen molar-refractivity contribution >= 4 is 5.91 Å². The molecule has 0 fully saturated rings. The monoisotopic (exact) mass is 223 g/mol. The van der Waals surface area contributed by atoms with Crippen molar-refractivity contribution in [3.8, 4) is 5.75 Å². The predicted octanol–water partition coefficient (Wildman–Crippen LogP) is 1.11. The number of hydrogen-bond donors (Lipinski definition) is 2. The zero-order chi connectivity index (χ0) is 12.1. The maximum absolute atomic E-state index is 11.7. The van der Waals surface area contributed by atoms with E-state index in [2.05, 4.69) is 5.32 Å². The fraction of sp³-hybridized carbons (Fsp3) is 0.417. The Balaban J connectivity index is 2.76. The molecule has 1 amide bonds. The van der Waals surface area contributed by atoms with E-state index in [1.807, 2.05) is 13.0 Å². The lowest BCUT2D eigenvalue weighted by atomic mass is 10.1. The summed E-state index contributed by atoms with van der Waals surface area (Å²) in [6.07, 6.45) is -0.545. The van der Waals surface area contributed by atoms with Gasteiger partial charge >= 0.3 is 0 Å². The van der Waals surface area contributed by atoms with E-state index in [0.717, 1.165) is 5.56 Å². The number of rotatable bonds is 4. The van der Waals surface area contributed by atoms with Crippen molar-refractivity contribution < 1.29 is 14.6 Å². The second-order valence-corrected chi connectivity index (χ2v) is 3.74. The van der Waals surface area contributed by atoms with E-state index in [9.17, 15) is 4.79 Å². The lowest BCUT2D eigenvalue weighted by molar-refractivity contribution is 0.0923. The van der Waals surface area contributed by atoms with Gasteiger partial charge in [-0.25, -0.2) is 0 Å². The van der Waals surface area contributed by atoms with Gasteiger partial charge in [-0.05, 0) is 31.5 Å². The first kappa shape index (κ1) is 12.5. The Morgan fingerprint density at radius 2 is 2.25 bits per heavy atom. The summed E-state index contributed by atoms with van der Waals surface area (Å²) in [6.45, 7) is 3.78. The molecular formula is C12H17NO3. The molecular weight excluding hydrogens is 206 g/mol. The van der Waals surface area contributed by atoms with Gasteiger partial charge in [0.15, 0.2) is 0 Å². The Morgan fingerprint density at radius 1 is 1.56 bits per heavy atom. The van der Waals surface area contributed by atoms with Gasteiger partial charge in [0.1, 0.15) is 5.75 Å². The van der Waals surface area contributed by atoms with E-state index in [1.54, 1.807) is 26.2 Å². The van der Waals surface area contributed by atoms with Crippen LogP contribution in [0.5, 0.6) is 5.75 Å². The zero-order valence-corrected chi connectivity index (χ0v) is 9.78. The summed E-state index contributed by atoms with van der Waals surface area (Å²) in [5.41, 5.74) is 1.51. The highest BCUT2D eigenvalue weighted by Crippen LogP contribution is 2.18. The van der Waals surface area contributed by atoms with Crippen LogP contribution in [-0.2, 0) is 0 Å². The molecule has 0 aliphatic carbocycles. The molecule has 1 aromatic carbocycles. The first-order valence-corrected chi connectivity index (χ1v) is 5.15. The Bertz CT molecular complexity index is 375. The molecule has 0 bridgehead atoms. The Hall–Kier alpha value is -1.55. The third-order valence-corrected chi connectivity index (χ3v) is 2.23.